The van der Waals surface area contributed by atoms with Crippen LogP contribution in [0.3, 0.4) is 0 Å². The molecule has 0 amide bonds. The van der Waals surface area contributed by atoms with Crippen molar-refractivity contribution >= 4 is 0 Å². The van der Waals surface area contributed by atoms with Crippen molar-refractivity contribution in [1.29, 1.82) is 0 Å². The fourth-order valence-corrected chi connectivity index (χ4v) is 0.363. The Hall–Kier alpha value is -0.160. The lowest BCUT2D eigenvalue weighted by Gasteiger charge is -2.13. The average Bonchev–Trinajstić information content (AvgIpc) is 1.83. The zero-order chi connectivity index (χ0) is 6.41. The largest absolute Gasteiger partial charge is 0.329 e. The molecule has 0 rings (SSSR count). The second-order valence-corrected chi connectivity index (χ2v) is 1.21. The minimum Gasteiger partial charge on any atom is -0.329 e. The first kappa shape index (κ1) is 7.84. The smallest absolute Gasteiger partial charge is 0.0639 e. The van der Waals surface area contributed by atoms with Crippen LogP contribution in [0.4, 0.5) is 0 Å². The normalized spacial score (nSPS) is 10.5. The molecule has 0 saturated carbocycles. The molecule has 4 heteroatoms. The van der Waals surface area contributed by atoms with E-state index in [9.17, 15) is 0 Å². The van der Waals surface area contributed by atoms with Gasteiger partial charge in [-0.25, -0.2) is 0 Å². The molecule has 0 aromatic heterocycles. The molecule has 50 valence electrons. The summed E-state index contributed by atoms with van der Waals surface area (Å²) in [4.78, 5) is 9.34. The molecule has 0 aromatic rings. The van der Waals surface area contributed by atoms with Crippen molar-refractivity contribution in [2.75, 3.05) is 27.3 Å². The number of hydrogen-bond acceptors (Lipinski definition) is 4. The summed E-state index contributed by atoms with van der Waals surface area (Å²) in [7, 11) is 3.05. The molecule has 4 nitrogen and oxygen atoms in total. The zero-order valence-electron chi connectivity index (χ0n) is 5.26. The fourth-order valence-electron chi connectivity index (χ4n) is 0.363. The maximum absolute atomic E-state index is 5.18. The standard InChI is InChI=1S/C4H12N2O2/c1-7-6(8-2)4-3-5/h3-5H2,1-2H3. The molecule has 0 aromatic carbocycles. The van der Waals surface area contributed by atoms with E-state index < -0.39 is 0 Å². The van der Waals surface area contributed by atoms with Crippen molar-refractivity contribution in [2.24, 2.45) is 5.73 Å². The summed E-state index contributed by atoms with van der Waals surface area (Å²) in [5.74, 6) is 0. The molecule has 0 radical (unpaired) electrons. The molecule has 0 fully saturated rings. The SMILES string of the molecule is CON(CCN)OC. The van der Waals surface area contributed by atoms with Crippen molar-refractivity contribution in [3.63, 3.8) is 0 Å². The van der Waals surface area contributed by atoms with Crippen LogP contribution in [0.5, 0.6) is 0 Å². The van der Waals surface area contributed by atoms with Gasteiger partial charge in [0.1, 0.15) is 0 Å². The molecule has 8 heavy (non-hydrogen) atoms. The van der Waals surface area contributed by atoms with E-state index in [1.165, 1.54) is 19.4 Å². The van der Waals surface area contributed by atoms with Crippen molar-refractivity contribution < 1.29 is 9.68 Å². The Kier molecular flexibility index (Phi) is 4.89. The maximum Gasteiger partial charge on any atom is 0.0639 e. The minimum atomic E-state index is 0.529. The van der Waals surface area contributed by atoms with Crippen LogP contribution < -0.4 is 5.73 Å². The van der Waals surface area contributed by atoms with Crippen molar-refractivity contribution in [2.45, 2.75) is 0 Å². The molecule has 2 N–H and O–H groups in total. The van der Waals surface area contributed by atoms with Gasteiger partial charge in [0.15, 0.2) is 0 Å². The molecule has 0 heterocycles. The zero-order valence-corrected chi connectivity index (χ0v) is 5.26. The molecule has 0 aliphatic heterocycles. The van der Waals surface area contributed by atoms with Gasteiger partial charge in [-0.3, -0.25) is 9.68 Å². The monoisotopic (exact) mass is 120 g/mol. The van der Waals surface area contributed by atoms with Crippen LogP contribution in [0.1, 0.15) is 0 Å². The summed E-state index contributed by atoms with van der Waals surface area (Å²) >= 11 is 0. The number of nitrogens with zero attached hydrogens (tertiary/aromatic N) is 1. The third-order valence-electron chi connectivity index (χ3n) is 0.719. The molecule has 0 aliphatic carbocycles. The Morgan fingerprint density at radius 2 is 1.88 bits per heavy atom. The maximum atomic E-state index is 5.18. The molecule has 0 bridgehead atoms. The van der Waals surface area contributed by atoms with Gasteiger partial charge in [0, 0.05) is 6.54 Å². The van der Waals surface area contributed by atoms with E-state index in [4.69, 9.17) is 5.73 Å². The summed E-state index contributed by atoms with van der Waals surface area (Å²) < 4.78 is 0. The van der Waals surface area contributed by atoms with E-state index in [0.29, 0.717) is 13.1 Å². The molecule has 0 spiro atoms. The van der Waals surface area contributed by atoms with E-state index in [1.54, 1.807) is 0 Å². The molecule has 0 aliphatic rings. The first-order valence-electron chi connectivity index (χ1n) is 2.41. The van der Waals surface area contributed by atoms with Crippen molar-refractivity contribution in [1.82, 2.24) is 5.23 Å². The van der Waals surface area contributed by atoms with E-state index in [-0.39, 0.29) is 0 Å². The van der Waals surface area contributed by atoms with Crippen molar-refractivity contribution in [3.8, 4) is 0 Å². The van der Waals surface area contributed by atoms with Crippen LogP contribution in [0.25, 0.3) is 0 Å². The minimum absolute atomic E-state index is 0.529. The molecular formula is C4H12N2O2. The highest BCUT2D eigenvalue weighted by Crippen LogP contribution is 1.82. The van der Waals surface area contributed by atoms with Gasteiger partial charge < -0.3 is 5.73 Å². The van der Waals surface area contributed by atoms with Crippen LogP contribution in [0.2, 0.25) is 0 Å². The number of rotatable bonds is 4. The third-order valence-corrected chi connectivity index (χ3v) is 0.719. The number of nitrogens with two attached hydrogens (primary N) is 1. The Balaban J connectivity index is 3.07. The van der Waals surface area contributed by atoms with E-state index in [2.05, 4.69) is 9.68 Å². The molecule has 0 atom stereocenters. The lowest BCUT2D eigenvalue weighted by Crippen LogP contribution is -2.27. The van der Waals surface area contributed by atoms with Gasteiger partial charge in [-0.1, -0.05) is 5.23 Å². The summed E-state index contributed by atoms with van der Waals surface area (Å²) in [5, 5.41) is 1.31. The van der Waals surface area contributed by atoms with Crippen LogP contribution in [0, 0.1) is 0 Å². The lowest BCUT2D eigenvalue weighted by molar-refractivity contribution is -0.340. The van der Waals surface area contributed by atoms with Crippen molar-refractivity contribution in [3.05, 3.63) is 0 Å². The van der Waals surface area contributed by atoms with Gasteiger partial charge in [0.25, 0.3) is 0 Å². The van der Waals surface area contributed by atoms with E-state index in [1.807, 2.05) is 0 Å². The van der Waals surface area contributed by atoms with Crippen LogP contribution in [-0.4, -0.2) is 32.5 Å². The highest BCUT2D eigenvalue weighted by molar-refractivity contribution is 4.30. The predicted octanol–water partition coefficient (Wildman–Crippen LogP) is -0.630. The summed E-state index contributed by atoms with van der Waals surface area (Å²) in [5.41, 5.74) is 5.18. The van der Waals surface area contributed by atoms with Crippen LogP contribution in [0.15, 0.2) is 0 Å². The van der Waals surface area contributed by atoms with Gasteiger partial charge in [-0.15, -0.1) is 0 Å². The Morgan fingerprint density at radius 1 is 1.38 bits per heavy atom. The van der Waals surface area contributed by atoms with Gasteiger partial charge in [0.05, 0.1) is 20.8 Å². The fraction of sp³-hybridized carbons (Fsp3) is 1.00. The van der Waals surface area contributed by atoms with E-state index in [0.717, 1.165) is 0 Å². The van der Waals surface area contributed by atoms with Gasteiger partial charge in [-0.05, 0) is 0 Å². The second-order valence-electron chi connectivity index (χ2n) is 1.21. The Morgan fingerprint density at radius 3 is 2.00 bits per heavy atom. The lowest BCUT2D eigenvalue weighted by atomic mass is 10.7. The Bertz CT molecular complexity index is 47.3. The van der Waals surface area contributed by atoms with Gasteiger partial charge >= 0.3 is 0 Å². The van der Waals surface area contributed by atoms with Gasteiger partial charge in [0.2, 0.25) is 0 Å². The third kappa shape index (κ3) is 2.92. The van der Waals surface area contributed by atoms with Gasteiger partial charge in [-0.2, -0.15) is 0 Å². The highest BCUT2D eigenvalue weighted by atomic mass is 16.9. The quantitative estimate of drug-likeness (QED) is 0.502. The molecule has 0 saturated heterocycles. The van der Waals surface area contributed by atoms with Crippen LogP contribution in [-0.2, 0) is 9.68 Å². The summed E-state index contributed by atoms with van der Waals surface area (Å²) in [6, 6.07) is 0. The number of hydrogen-bond donors (Lipinski definition) is 1. The molecule has 0 unspecified atom stereocenters. The summed E-state index contributed by atoms with van der Waals surface area (Å²) in [6.45, 7) is 1.12. The topological polar surface area (TPSA) is 47.7 Å². The second kappa shape index (κ2) is 4.99. The molecular weight excluding hydrogens is 108 g/mol. The van der Waals surface area contributed by atoms with E-state index >= 15 is 0 Å². The first-order valence-corrected chi connectivity index (χ1v) is 2.41. The van der Waals surface area contributed by atoms with Crippen LogP contribution >= 0.6 is 0 Å². The highest BCUT2D eigenvalue weighted by Gasteiger charge is 1.95. The Labute approximate surface area is 49.1 Å². The number of hydroxylamine groups is 2. The first-order chi connectivity index (χ1) is 3.85. The summed E-state index contributed by atoms with van der Waals surface area (Å²) in [6.07, 6.45) is 0. The predicted molar refractivity (Wildman–Crippen MR) is 29.8 cm³/mol. The average molecular weight is 120 g/mol.